The standard InChI is InChI=1S/C20H26N2O3S/c1-4-5-8-20(23)22-14-19(17-7-6-11-21-13-17)26(24,25)18-10-9-15(2)16(3)12-18/h6-7,9-13,19H,4-5,8,14H2,1-3H3,(H,22,23)/t19-/m1/s1. The second-order valence-corrected chi connectivity index (χ2v) is 8.60. The molecule has 2 aromatic rings. The SMILES string of the molecule is CCCCC(=O)NC[C@H](c1cccnc1)S(=O)(=O)c1ccc(C)c(C)c1. The van der Waals surface area contributed by atoms with Crippen molar-refractivity contribution in [3.63, 3.8) is 0 Å². The molecule has 0 aliphatic carbocycles. The van der Waals surface area contributed by atoms with Crippen molar-refractivity contribution in [2.24, 2.45) is 0 Å². The molecule has 0 saturated heterocycles. The van der Waals surface area contributed by atoms with Crippen LogP contribution < -0.4 is 5.32 Å². The molecule has 0 fully saturated rings. The fourth-order valence-electron chi connectivity index (χ4n) is 2.66. The Balaban J connectivity index is 2.33. The molecule has 1 heterocycles. The average Bonchev–Trinajstić information content (AvgIpc) is 2.63. The van der Waals surface area contributed by atoms with Gasteiger partial charge in [-0.15, -0.1) is 0 Å². The minimum absolute atomic E-state index is 0.0312. The fourth-order valence-corrected chi connectivity index (χ4v) is 4.39. The van der Waals surface area contributed by atoms with Crippen LogP contribution in [0, 0.1) is 13.8 Å². The zero-order valence-electron chi connectivity index (χ0n) is 15.5. The third-order valence-corrected chi connectivity index (χ3v) is 6.58. The van der Waals surface area contributed by atoms with Crippen molar-refractivity contribution in [2.45, 2.75) is 50.2 Å². The van der Waals surface area contributed by atoms with Crippen molar-refractivity contribution < 1.29 is 13.2 Å². The molecule has 0 aliphatic heterocycles. The van der Waals surface area contributed by atoms with E-state index in [0.29, 0.717) is 12.0 Å². The van der Waals surface area contributed by atoms with E-state index in [0.717, 1.165) is 24.0 Å². The number of carbonyl (C=O) groups excluding carboxylic acids is 1. The van der Waals surface area contributed by atoms with E-state index >= 15 is 0 Å². The second kappa shape index (κ2) is 8.94. The lowest BCUT2D eigenvalue weighted by Gasteiger charge is -2.19. The highest BCUT2D eigenvalue weighted by Gasteiger charge is 2.30. The van der Waals surface area contributed by atoms with Crippen molar-refractivity contribution in [3.8, 4) is 0 Å². The van der Waals surface area contributed by atoms with Crippen LogP contribution in [-0.4, -0.2) is 25.9 Å². The Bertz CT molecular complexity index is 849. The summed E-state index contributed by atoms with van der Waals surface area (Å²) in [4.78, 5) is 16.3. The van der Waals surface area contributed by atoms with Gasteiger partial charge in [-0.3, -0.25) is 9.78 Å². The molecule has 0 unspecified atom stereocenters. The van der Waals surface area contributed by atoms with E-state index < -0.39 is 15.1 Å². The summed E-state index contributed by atoms with van der Waals surface area (Å²) in [6.07, 6.45) is 5.25. The lowest BCUT2D eigenvalue weighted by Crippen LogP contribution is -2.31. The molecule has 2 rings (SSSR count). The number of amides is 1. The van der Waals surface area contributed by atoms with Gasteiger partial charge in [-0.2, -0.15) is 0 Å². The zero-order valence-corrected chi connectivity index (χ0v) is 16.3. The number of sulfone groups is 1. The molecule has 5 nitrogen and oxygen atoms in total. The maximum atomic E-state index is 13.2. The number of hydrogen-bond acceptors (Lipinski definition) is 4. The van der Waals surface area contributed by atoms with Crippen LogP contribution in [0.25, 0.3) is 0 Å². The third kappa shape index (κ3) is 4.91. The molecule has 26 heavy (non-hydrogen) atoms. The summed E-state index contributed by atoms with van der Waals surface area (Å²) >= 11 is 0. The summed E-state index contributed by atoms with van der Waals surface area (Å²) in [5, 5.41) is 1.90. The van der Waals surface area contributed by atoms with Gasteiger partial charge in [0.05, 0.1) is 4.90 Å². The van der Waals surface area contributed by atoms with Crippen molar-refractivity contribution in [1.82, 2.24) is 10.3 Å². The van der Waals surface area contributed by atoms with Crippen LogP contribution in [0.1, 0.15) is 48.1 Å². The van der Waals surface area contributed by atoms with Gasteiger partial charge < -0.3 is 5.32 Å². The molecule has 1 N–H and O–H groups in total. The van der Waals surface area contributed by atoms with E-state index in [9.17, 15) is 13.2 Å². The van der Waals surface area contributed by atoms with Gasteiger partial charge in [-0.25, -0.2) is 8.42 Å². The molecule has 1 amide bonds. The fraction of sp³-hybridized carbons (Fsp3) is 0.400. The van der Waals surface area contributed by atoms with Crippen LogP contribution in [0.2, 0.25) is 0 Å². The van der Waals surface area contributed by atoms with E-state index in [2.05, 4.69) is 10.3 Å². The minimum Gasteiger partial charge on any atom is -0.354 e. The molecule has 0 radical (unpaired) electrons. The Morgan fingerprint density at radius 3 is 2.58 bits per heavy atom. The Labute approximate surface area is 155 Å². The van der Waals surface area contributed by atoms with E-state index in [-0.39, 0.29) is 17.3 Å². The van der Waals surface area contributed by atoms with Gasteiger partial charge in [0, 0.05) is 25.4 Å². The number of pyridine rings is 1. The number of hydrogen-bond donors (Lipinski definition) is 1. The summed E-state index contributed by atoms with van der Waals surface area (Å²) in [5.74, 6) is -0.129. The minimum atomic E-state index is -3.66. The highest BCUT2D eigenvalue weighted by Crippen LogP contribution is 2.29. The number of nitrogens with one attached hydrogen (secondary N) is 1. The Kier molecular flexibility index (Phi) is 6.91. The maximum Gasteiger partial charge on any atom is 0.220 e. The van der Waals surface area contributed by atoms with Crippen LogP contribution in [0.15, 0.2) is 47.6 Å². The van der Waals surface area contributed by atoms with Crippen molar-refractivity contribution in [2.75, 3.05) is 6.54 Å². The van der Waals surface area contributed by atoms with Crippen molar-refractivity contribution in [1.29, 1.82) is 0 Å². The molecule has 6 heteroatoms. The molecule has 0 saturated carbocycles. The predicted molar refractivity (Wildman–Crippen MR) is 103 cm³/mol. The van der Waals surface area contributed by atoms with Crippen LogP contribution in [-0.2, 0) is 14.6 Å². The summed E-state index contributed by atoms with van der Waals surface area (Å²) < 4.78 is 26.5. The topological polar surface area (TPSA) is 76.1 Å². The quantitative estimate of drug-likeness (QED) is 0.767. The van der Waals surface area contributed by atoms with Crippen LogP contribution >= 0.6 is 0 Å². The number of rotatable bonds is 8. The zero-order chi connectivity index (χ0) is 19.2. The molecule has 0 aliphatic rings. The van der Waals surface area contributed by atoms with Crippen molar-refractivity contribution >= 4 is 15.7 Å². The molecule has 140 valence electrons. The van der Waals surface area contributed by atoms with E-state index in [1.165, 1.54) is 0 Å². The van der Waals surface area contributed by atoms with Gasteiger partial charge in [-0.1, -0.05) is 25.5 Å². The number of benzene rings is 1. The Hall–Kier alpha value is -2.21. The molecule has 0 bridgehead atoms. The normalized spacial score (nSPS) is 12.6. The average molecular weight is 375 g/mol. The number of carbonyl (C=O) groups is 1. The summed E-state index contributed by atoms with van der Waals surface area (Å²) in [6.45, 7) is 5.87. The summed E-state index contributed by atoms with van der Waals surface area (Å²) in [7, 11) is -3.66. The first-order chi connectivity index (χ1) is 12.4. The first-order valence-corrected chi connectivity index (χ1v) is 10.4. The van der Waals surface area contributed by atoms with Gasteiger partial charge in [0.25, 0.3) is 0 Å². The number of unbranched alkanes of at least 4 members (excludes halogenated alkanes) is 1. The summed E-state index contributed by atoms with van der Waals surface area (Å²) in [5.41, 5.74) is 2.53. The Morgan fingerprint density at radius 2 is 1.96 bits per heavy atom. The van der Waals surface area contributed by atoms with Gasteiger partial charge in [0.2, 0.25) is 5.91 Å². The van der Waals surface area contributed by atoms with E-state index in [4.69, 9.17) is 0 Å². The molecular formula is C20H26N2O3S. The highest BCUT2D eigenvalue weighted by molar-refractivity contribution is 7.91. The van der Waals surface area contributed by atoms with E-state index in [1.54, 1.807) is 36.7 Å². The molecule has 1 aromatic heterocycles. The van der Waals surface area contributed by atoms with Gasteiger partial charge >= 0.3 is 0 Å². The first-order valence-electron chi connectivity index (χ1n) is 8.84. The predicted octanol–water partition coefficient (Wildman–Crippen LogP) is 3.52. The smallest absolute Gasteiger partial charge is 0.220 e. The summed E-state index contributed by atoms with van der Waals surface area (Å²) in [6, 6.07) is 8.56. The van der Waals surface area contributed by atoms with Gasteiger partial charge in [0.1, 0.15) is 5.25 Å². The monoisotopic (exact) mass is 374 g/mol. The molecule has 0 spiro atoms. The maximum absolute atomic E-state index is 13.2. The highest BCUT2D eigenvalue weighted by atomic mass is 32.2. The number of nitrogens with zero attached hydrogens (tertiary/aromatic N) is 1. The van der Waals surface area contributed by atoms with Crippen LogP contribution in [0.3, 0.4) is 0 Å². The second-order valence-electron chi connectivity index (χ2n) is 6.47. The van der Waals surface area contributed by atoms with Gasteiger partial charge in [-0.05, 0) is 55.2 Å². The van der Waals surface area contributed by atoms with Gasteiger partial charge in [0.15, 0.2) is 9.84 Å². The molecule has 1 aromatic carbocycles. The van der Waals surface area contributed by atoms with E-state index in [1.807, 2.05) is 26.8 Å². The number of aromatic nitrogens is 1. The van der Waals surface area contributed by atoms with Crippen LogP contribution in [0.5, 0.6) is 0 Å². The lowest BCUT2D eigenvalue weighted by atomic mass is 10.1. The Morgan fingerprint density at radius 1 is 1.19 bits per heavy atom. The number of aryl methyl sites for hydroxylation is 2. The lowest BCUT2D eigenvalue weighted by molar-refractivity contribution is -0.121. The van der Waals surface area contributed by atoms with Crippen molar-refractivity contribution in [3.05, 3.63) is 59.4 Å². The molecular weight excluding hydrogens is 348 g/mol. The third-order valence-electron chi connectivity index (χ3n) is 4.48. The molecule has 1 atom stereocenters. The largest absolute Gasteiger partial charge is 0.354 e. The first kappa shape index (κ1) is 20.1. The van der Waals surface area contributed by atoms with Crippen LogP contribution in [0.4, 0.5) is 0 Å².